The Labute approximate surface area is 112 Å². The second-order valence-corrected chi connectivity index (χ2v) is 5.20. The van der Waals surface area contributed by atoms with Gasteiger partial charge in [0.25, 0.3) is 0 Å². The van der Waals surface area contributed by atoms with Crippen LogP contribution in [0.5, 0.6) is 5.75 Å². The van der Waals surface area contributed by atoms with Gasteiger partial charge in [-0.15, -0.1) is 0 Å². The van der Waals surface area contributed by atoms with Crippen LogP contribution >= 0.6 is 0 Å². The van der Waals surface area contributed by atoms with Gasteiger partial charge in [-0.1, -0.05) is 12.1 Å². The standard InChI is InChI=1S/C11H16N2O5S/c1-17-9-5-3-4-6-10(9)19(15,16)13-8-7-12-11(14)18-2/h3-6,13H,7-8H2,1-2H3,(H,12,14). The summed E-state index contributed by atoms with van der Waals surface area (Å²) in [5.41, 5.74) is 0. The van der Waals surface area contributed by atoms with Gasteiger partial charge in [0.15, 0.2) is 0 Å². The average Bonchev–Trinajstić information content (AvgIpc) is 2.43. The fourth-order valence-electron chi connectivity index (χ4n) is 1.34. The molecule has 0 bridgehead atoms. The number of sulfonamides is 1. The first-order valence-corrected chi connectivity index (χ1v) is 6.94. The molecule has 1 aromatic carbocycles. The van der Waals surface area contributed by atoms with E-state index in [1.54, 1.807) is 18.2 Å². The molecule has 0 aliphatic heterocycles. The number of carbonyl (C=O) groups is 1. The predicted molar refractivity (Wildman–Crippen MR) is 68.6 cm³/mol. The Bertz CT molecular complexity index is 530. The third-order valence-electron chi connectivity index (χ3n) is 2.23. The number of nitrogens with one attached hydrogen (secondary N) is 2. The highest BCUT2D eigenvalue weighted by Gasteiger charge is 2.18. The van der Waals surface area contributed by atoms with Crippen LogP contribution in [0.3, 0.4) is 0 Å². The third kappa shape index (κ3) is 4.42. The van der Waals surface area contributed by atoms with Crippen molar-refractivity contribution < 1.29 is 22.7 Å². The van der Waals surface area contributed by atoms with Crippen LogP contribution in [0, 0.1) is 0 Å². The first-order valence-electron chi connectivity index (χ1n) is 5.45. The molecule has 0 aliphatic carbocycles. The van der Waals surface area contributed by atoms with E-state index in [4.69, 9.17) is 4.74 Å². The van der Waals surface area contributed by atoms with Crippen molar-refractivity contribution >= 4 is 16.1 Å². The zero-order valence-electron chi connectivity index (χ0n) is 10.7. The van der Waals surface area contributed by atoms with Crippen molar-refractivity contribution in [2.45, 2.75) is 4.90 Å². The summed E-state index contributed by atoms with van der Waals surface area (Å²) in [6, 6.07) is 6.27. The molecule has 1 aromatic rings. The van der Waals surface area contributed by atoms with Gasteiger partial charge in [0.2, 0.25) is 10.0 Å². The minimum atomic E-state index is -3.67. The van der Waals surface area contributed by atoms with Crippen molar-refractivity contribution in [2.75, 3.05) is 27.3 Å². The summed E-state index contributed by atoms with van der Waals surface area (Å²) >= 11 is 0. The molecule has 0 heterocycles. The molecular weight excluding hydrogens is 272 g/mol. The van der Waals surface area contributed by atoms with Crippen LogP contribution in [-0.2, 0) is 14.8 Å². The molecule has 106 valence electrons. The highest BCUT2D eigenvalue weighted by molar-refractivity contribution is 7.89. The van der Waals surface area contributed by atoms with Crippen LogP contribution in [0.1, 0.15) is 0 Å². The van der Waals surface area contributed by atoms with E-state index in [0.29, 0.717) is 0 Å². The lowest BCUT2D eigenvalue weighted by molar-refractivity contribution is 0.171. The van der Waals surface area contributed by atoms with Crippen LogP contribution in [0.25, 0.3) is 0 Å². The number of alkyl carbamates (subject to hydrolysis) is 1. The van der Waals surface area contributed by atoms with Crippen LogP contribution < -0.4 is 14.8 Å². The number of ether oxygens (including phenoxy) is 2. The van der Waals surface area contributed by atoms with Gasteiger partial charge in [0, 0.05) is 13.1 Å². The van der Waals surface area contributed by atoms with Crippen LogP contribution in [0.15, 0.2) is 29.2 Å². The molecule has 2 N–H and O–H groups in total. The van der Waals surface area contributed by atoms with Gasteiger partial charge in [0.1, 0.15) is 10.6 Å². The maximum Gasteiger partial charge on any atom is 0.406 e. The Morgan fingerprint density at radius 3 is 2.53 bits per heavy atom. The van der Waals surface area contributed by atoms with E-state index in [9.17, 15) is 13.2 Å². The highest BCUT2D eigenvalue weighted by Crippen LogP contribution is 2.22. The fraction of sp³-hybridized carbons (Fsp3) is 0.364. The lowest BCUT2D eigenvalue weighted by atomic mass is 10.3. The fourth-order valence-corrected chi connectivity index (χ4v) is 2.54. The molecule has 0 unspecified atom stereocenters. The molecular formula is C11H16N2O5S. The number of methoxy groups -OCH3 is 2. The molecule has 1 amide bonds. The normalized spacial score (nSPS) is 10.8. The van der Waals surface area contributed by atoms with Crippen molar-refractivity contribution in [1.29, 1.82) is 0 Å². The van der Waals surface area contributed by atoms with E-state index in [0.717, 1.165) is 0 Å². The molecule has 0 fully saturated rings. The Morgan fingerprint density at radius 2 is 1.89 bits per heavy atom. The molecule has 0 saturated heterocycles. The van der Waals surface area contributed by atoms with E-state index in [1.165, 1.54) is 20.3 Å². The van der Waals surface area contributed by atoms with Crippen LogP contribution in [0.4, 0.5) is 4.79 Å². The molecule has 0 saturated carbocycles. The van der Waals surface area contributed by atoms with E-state index in [-0.39, 0.29) is 23.7 Å². The Morgan fingerprint density at radius 1 is 1.21 bits per heavy atom. The van der Waals surface area contributed by atoms with E-state index < -0.39 is 16.1 Å². The number of carbonyl (C=O) groups excluding carboxylic acids is 1. The van der Waals surface area contributed by atoms with Crippen molar-refractivity contribution in [3.63, 3.8) is 0 Å². The lowest BCUT2D eigenvalue weighted by Gasteiger charge is -2.10. The SMILES string of the molecule is COC(=O)NCCNS(=O)(=O)c1ccccc1OC. The number of hydrogen-bond donors (Lipinski definition) is 2. The van der Waals surface area contributed by atoms with Crippen molar-refractivity contribution in [3.8, 4) is 5.75 Å². The zero-order chi connectivity index (χ0) is 14.3. The van der Waals surface area contributed by atoms with E-state index in [1.807, 2.05) is 0 Å². The largest absolute Gasteiger partial charge is 0.495 e. The minimum Gasteiger partial charge on any atom is -0.495 e. The second-order valence-electron chi connectivity index (χ2n) is 3.47. The summed E-state index contributed by atoms with van der Waals surface area (Å²) in [5.74, 6) is 0.260. The molecule has 0 aromatic heterocycles. The maximum atomic E-state index is 12.0. The molecule has 0 spiro atoms. The lowest BCUT2D eigenvalue weighted by Crippen LogP contribution is -2.34. The highest BCUT2D eigenvalue weighted by atomic mass is 32.2. The van der Waals surface area contributed by atoms with Gasteiger partial charge in [-0.25, -0.2) is 17.9 Å². The summed E-state index contributed by atoms with van der Waals surface area (Å²) in [5, 5.41) is 2.37. The quantitative estimate of drug-likeness (QED) is 0.736. The maximum absolute atomic E-state index is 12.0. The summed E-state index contributed by atoms with van der Waals surface area (Å²) in [6.45, 7) is 0.177. The van der Waals surface area contributed by atoms with Gasteiger partial charge >= 0.3 is 6.09 Å². The number of benzene rings is 1. The summed E-state index contributed by atoms with van der Waals surface area (Å²) < 4.78 is 35.7. The molecule has 0 atom stereocenters. The zero-order valence-corrected chi connectivity index (χ0v) is 11.5. The predicted octanol–water partition coefficient (Wildman–Crippen LogP) is 0.329. The average molecular weight is 288 g/mol. The number of rotatable bonds is 6. The van der Waals surface area contributed by atoms with Gasteiger partial charge < -0.3 is 14.8 Å². The van der Waals surface area contributed by atoms with Crippen molar-refractivity contribution in [1.82, 2.24) is 10.0 Å². The third-order valence-corrected chi connectivity index (χ3v) is 3.73. The van der Waals surface area contributed by atoms with Gasteiger partial charge in [0.05, 0.1) is 14.2 Å². The monoisotopic (exact) mass is 288 g/mol. The van der Waals surface area contributed by atoms with E-state index >= 15 is 0 Å². The molecule has 0 radical (unpaired) electrons. The van der Waals surface area contributed by atoms with Gasteiger partial charge in [-0.05, 0) is 12.1 Å². The Balaban J connectivity index is 2.63. The first kappa shape index (κ1) is 15.3. The van der Waals surface area contributed by atoms with Crippen molar-refractivity contribution in [2.24, 2.45) is 0 Å². The van der Waals surface area contributed by atoms with Crippen LogP contribution in [0.2, 0.25) is 0 Å². The molecule has 0 aliphatic rings. The number of amides is 1. The minimum absolute atomic E-state index is 0.0511. The number of hydrogen-bond acceptors (Lipinski definition) is 5. The molecule has 19 heavy (non-hydrogen) atoms. The molecule has 7 nitrogen and oxygen atoms in total. The second kappa shape index (κ2) is 6.95. The van der Waals surface area contributed by atoms with Gasteiger partial charge in [-0.3, -0.25) is 0 Å². The van der Waals surface area contributed by atoms with Crippen molar-refractivity contribution in [3.05, 3.63) is 24.3 Å². The summed E-state index contributed by atoms with van der Waals surface area (Å²) in [6.07, 6.45) is -0.614. The molecule has 8 heteroatoms. The van der Waals surface area contributed by atoms with E-state index in [2.05, 4.69) is 14.8 Å². The topological polar surface area (TPSA) is 93.7 Å². The van der Waals surface area contributed by atoms with Crippen LogP contribution in [-0.4, -0.2) is 41.8 Å². The smallest absolute Gasteiger partial charge is 0.406 e. The Hall–Kier alpha value is -1.80. The Kier molecular flexibility index (Phi) is 5.58. The number of para-hydroxylation sites is 1. The molecule has 1 rings (SSSR count). The first-order chi connectivity index (χ1) is 9.01. The summed E-state index contributed by atoms with van der Waals surface area (Å²) in [4.78, 5) is 10.8. The van der Waals surface area contributed by atoms with Gasteiger partial charge in [-0.2, -0.15) is 0 Å². The summed E-state index contributed by atoms with van der Waals surface area (Å²) in [7, 11) is -1.05.